The first-order valence-corrected chi connectivity index (χ1v) is 9.03. The fraction of sp³-hybridized carbons (Fsp3) is 0.421. The van der Waals surface area contributed by atoms with Gasteiger partial charge in [-0.3, -0.25) is 4.90 Å². The molecule has 1 aliphatic carbocycles. The van der Waals surface area contributed by atoms with Gasteiger partial charge in [-0.1, -0.05) is 12.1 Å². The highest BCUT2D eigenvalue weighted by Crippen LogP contribution is 2.41. The smallest absolute Gasteiger partial charge is 0.234 e. The van der Waals surface area contributed by atoms with E-state index in [0.717, 1.165) is 61.9 Å². The highest BCUT2D eigenvalue weighted by Gasteiger charge is 2.32. The summed E-state index contributed by atoms with van der Waals surface area (Å²) in [5.74, 6) is 2.52. The first-order valence-electron chi connectivity index (χ1n) is 9.03. The largest absolute Gasteiger partial charge is 0.439 e. The van der Waals surface area contributed by atoms with E-state index in [9.17, 15) is 5.26 Å². The van der Waals surface area contributed by atoms with Crippen LogP contribution in [-0.2, 0) is 6.54 Å². The monoisotopic (exact) mass is 349 g/mol. The van der Waals surface area contributed by atoms with Gasteiger partial charge in [-0.05, 0) is 25.0 Å². The lowest BCUT2D eigenvalue weighted by molar-refractivity contribution is 0.225. The van der Waals surface area contributed by atoms with Crippen LogP contribution in [0.5, 0.6) is 0 Å². The first-order chi connectivity index (χ1) is 12.8. The van der Waals surface area contributed by atoms with Crippen LogP contribution < -0.4 is 4.90 Å². The zero-order chi connectivity index (χ0) is 17.5. The van der Waals surface area contributed by atoms with Crippen molar-refractivity contribution in [2.24, 2.45) is 0 Å². The lowest BCUT2D eigenvalue weighted by Crippen LogP contribution is -2.46. The van der Waals surface area contributed by atoms with Crippen molar-refractivity contribution < 1.29 is 8.83 Å². The maximum absolute atomic E-state index is 9.35. The van der Waals surface area contributed by atoms with E-state index in [-0.39, 0.29) is 0 Å². The van der Waals surface area contributed by atoms with Crippen molar-refractivity contribution in [1.82, 2.24) is 14.9 Å². The van der Waals surface area contributed by atoms with E-state index in [4.69, 9.17) is 8.83 Å². The van der Waals surface area contributed by atoms with Crippen LogP contribution in [0.2, 0.25) is 0 Å². The maximum atomic E-state index is 9.35. The molecular weight excluding hydrogens is 330 g/mol. The number of aromatic nitrogens is 2. The Bertz CT molecular complexity index is 940. The molecule has 1 aliphatic heterocycles. The van der Waals surface area contributed by atoms with Gasteiger partial charge in [0.2, 0.25) is 23.4 Å². The Morgan fingerprint density at radius 2 is 1.88 bits per heavy atom. The third kappa shape index (κ3) is 2.82. The number of fused-ring (bicyclic) bond motifs is 1. The number of benzene rings is 1. The highest BCUT2D eigenvalue weighted by atomic mass is 16.4. The van der Waals surface area contributed by atoms with Crippen LogP contribution in [0.4, 0.5) is 5.88 Å². The van der Waals surface area contributed by atoms with E-state index < -0.39 is 0 Å². The van der Waals surface area contributed by atoms with Crippen molar-refractivity contribution >= 4 is 17.0 Å². The summed E-state index contributed by atoms with van der Waals surface area (Å²) in [4.78, 5) is 13.4. The topological polar surface area (TPSA) is 82.3 Å². The number of nitrogens with zero attached hydrogens (tertiary/aromatic N) is 5. The fourth-order valence-electron chi connectivity index (χ4n) is 3.41. The van der Waals surface area contributed by atoms with Crippen LogP contribution in [0.15, 0.2) is 33.1 Å². The number of hydrogen-bond donors (Lipinski definition) is 0. The summed E-state index contributed by atoms with van der Waals surface area (Å²) in [7, 11) is 0. The lowest BCUT2D eigenvalue weighted by atomic mass is 10.3. The molecule has 3 heterocycles. The first kappa shape index (κ1) is 15.4. The van der Waals surface area contributed by atoms with Crippen LogP contribution in [-0.4, -0.2) is 41.0 Å². The molecule has 0 atom stereocenters. The standard InChI is InChI=1S/C19H19N5O2/c20-11-15-19(26-18(22-15)13-5-6-13)24-9-7-23(8-10-24)12-17-21-14-3-1-2-4-16(14)25-17/h1-4,13H,5-10,12H2. The van der Waals surface area contributed by atoms with Gasteiger partial charge in [0.1, 0.15) is 11.6 Å². The van der Waals surface area contributed by atoms with Gasteiger partial charge >= 0.3 is 0 Å². The van der Waals surface area contributed by atoms with E-state index in [1.165, 1.54) is 0 Å². The van der Waals surface area contributed by atoms with Gasteiger partial charge in [0.25, 0.3) is 0 Å². The van der Waals surface area contributed by atoms with Crippen molar-refractivity contribution in [2.45, 2.75) is 25.3 Å². The second kappa shape index (κ2) is 6.15. The number of oxazole rings is 2. The van der Waals surface area contributed by atoms with Crippen LogP contribution >= 0.6 is 0 Å². The Hall–Kier alpha value is -2.85. The average Bonchev–Trinajstić information content (AvgIpc) is 3.30. The van der Waals surface area contributed by atoms with Crippen molar-refractivity contribution in [1.29, 1.82) is 5.26 Å². The van der Waals surface area contributed by atoms with Crippen LogP contribution in [0.1, 0.15) is 36.2 Å². The maximum Gasteiger partial charge on any atom is 0.234 e. The molecule has 0 N–H and O–H groups in total. The van der Waals surface area contributed by atoms with Crippen molar-refractivity contribution in [3.8, 4) is 6.07 Å². The predicted molar refractivity (Wildman–Crippen MR) is 94.7 cm³/mol. The van der Waals surface area contributed by atoms with Gasteiger partial charge in [-0.15, -0.1) is 0 Å². The van der Waals surface area contributed by atoms with Crippen LogP contribution in [0.3, 0.4) is 0 Å². The molecule has 1 saturated heterocycles. The van der Waals surface area contributed by atoms with Gasteiger partial charge in [-0.25, -0.2) is 9.97 Å². The quantitative estimate of drug-likeness (QED) is 0.716. The molecule has 0 amide bonds. The molecule has 2 aliphatic rings. The third-order valence-electron chi connectivity index (χ3n) is 5.01. The summed E-state index contributed by atoms with van der Waals surface area (Å²) in [6.45, 7) is 4.02. The van der Waals surface area contributed by atoms with E-state index in [1.54, 1.807) is 0 Å². The molecule has 0 radical (unpaired) electrons. The second-order valence-electron chi connectivity index (χ2n) is 6.93. The number of rotatable bonds is 4. The summed E-state index contributed by atoms with van der Waals surface area (Å²) < 4.78 is 11.7. The lowest BCUT2D eigenvalue weighted by Gasteiger charge is -2.33. The number of nitriles is 1. The summed E-state index contributed by atoms with van der Waals surface area (Å²) in [5.41, 5.74) is 2.14. The van der Waals surface area contributed by atoms with Gasteiger partial charge in [-0.2, -0.15) is 5.26 Å². The summed E-state index contributed by atoms with van der Waals surface area (Å²) in [6.07, 6.45) is 2.23. The number of para-hydroxylation sites is 2. The minimum atomic E-state index is 0.413. The molecule has 7 nitrogen and oxygen atoms in total. The Balaban J connectivity index is 1.25. The molecule has 3 aromatic rings. The SMILES string of the molecule is N#Cc1nc(C2CC2)oc1N1CCN(Cc2nc3ccccc3o2)CC1. The molecule has 132 valence electrons. The summed E-state index contributed by atoms with van der Waals surface area (Å²) >= 11 is 0. The van der Waals surface area contributed by atoms with E-state index in [0.29, 0.717) is 24.0 Å². The third-order valence-corrected chi connectivity index (χ3v) is 5.01. The molecule has 0 unspecified atom stereocenters. The molecule has 26 heavy (non-hydrogen) atoms. The average molecular weight is 349 g/mol. The Morgan fingerprint density at radius 3 is 2.62 bits per heavy atom. The molecule has 2 aromatic heterocycles. The van der Waals surface area contributed by atoms with Crippen molar-refractivity contribution in [3.05, 3.63) is 41.7 Å². The summed E-state index contributed by atoms with van der Waals surface area (Å²) in [6, 6.07) is 10.00. The fourth-order valence-corrected chi connectivity index (χ4v) is 3.41. The van der Waals surface area contributed by atoms with Gasteiger partial charge < -0.3 is 13.7 Å². The van der Waals surface area contributed by atoms with E-state index in [2.05, 4.69) is 25.8 Å². The van der Waals surface area contributed by atoms with Crippen molar-refractivity contribution in [3.63, 3.8) is 0 Å². The normalized spacial score (nSPS) is 18.3. The highest BCUT2D eigenvalue weighted by molar-refractivity contribution is 5.72. The number of anilines is 1. The second-order valence-corrected chi connectivity index (χ2v) is 6.93. The minimum absolute atomic E-state index is 0.413. The predicted octanol–water partition coefficient (Wildman–Crippen LogP) is 2.89. The molecule has 1 saturated carbocycles. The molecule has 0 bridgehead atoms. The van der Waals surface area contributed by atoms with Gasteiger partial charge in [0.15, 0.2) is 5.58 Å². The Labute approximate surface area is 150 Å². The number of hydrogen-bond acceptors (Lipinski definition) is 7. The zero-order valence-corrected chi connectivity index (χ0v) is 14.4. The molecular formula is C19H19N5O2. The zero-order valence-electron chi connectivity index (χ0n) is 14.4. The molecule has 2 fully saturated rings. The summed E-state index contributed by atoms with van der Waals surface area (Å²) in [5, 5.41) is 9.35. The molecule has 5 rings (SSSR count). The van der Waals surface area contributed by atoms with Gasteiger partial charge in [0, 0.05) is 32.1 Å². The molecule has 7 heteroatoms. The Morgan fingerprint density at radius 1 is 1.08 bits per heavy atom. The molecule has 0 spiro atoms. The van der Waals surface area contributed by atoms with Gasteiger partial charge in [0.05, 0.1) is 6.54 Å². The number of piperazine rings is 1. The van der Waals surface area contributed by atoms with Crippen molar-refractivity contribution in [2.75, 3.05) is 31.1 Å². The van der Waals surface area contributed by atoms with E-state index >= 15 is 0 Å². The Kier molecular flexibility index (Phi) is 3.64. The molecule has 1 aromatic carbocycles. The van der Waals surface area contributed by atoms with Crippen LogP contribution in [0, 0.1) is 11.3 Å². The van der Waals surface area contributed by atoms with E-state index in [1.807, 2.05) is 24.3 Å². The minimum Gasteiger partial charge on any atom is -0.439 e. The van der Waals surface area contributed by atoms with Crippen LogP contribution in [0.25, 0.3) is 11.1 Å².